The average Bonchev–Trinajstić information content (AvgIpc) is 2.87. The summed E-state index contributed by atoms with van der Waals surface area (Å²) in [6.45, 7) is 5.63. The van der Waals surface area contributed by atoms with Crippen molar-refractivity contribution in [2.75, 3.05) is 31.6 Å². The van der Waals surface area contributed by atoms with Gasteiger partial charge in [-0.25, -0.2) is 0 Å². The lowest BCUT2D eigenvalue weighted by atomic mass is 9.91. The number of benzene rings is 2. The fourth-order valence-electron chi connectivity index (χ4n) is 5.12. The van der Waals surface area contributed by atoms with Gasteiger partial charge in [0.1, 0.15) is 11.3 Å². The Kier molecular flexibility index (Phi) is 7.61. The number of ether oxygens (including phenoxy) is 1. The van der Waals surface area contributed by atoms with Crippen LogP contribution in [0.2, 0.25) is 0 Å². The van der Waals surface area contributed by atoms with Crippen molar-refractivity contribution in [1.29, 1.82) is 0 Å². The number of carbonyl (C=O) groups excluding carboxylic acids is 2. The molecule has 2 heterocycles. The van der Waals surface area contributed by atoms with Crippen molar-refractivity contribution in [3.05, 3.63) is 65.4 Å². The maximum Gasteiger partial charge on any atom is 0.303 e. The molecule has 2 amide bonds. The van der Waals surface area contributed by atoms with Crippen molar-refractivity contribution >= 4 is 34.4 Å². The summed E-state index contributed by atoms with van der Waals surface area (Å²) in [5.74, 6) is -2.82. The number of aryl methyl sites for hydroxylation is 1. The Bertz CT molecular complexity index is 1340. The van der Waals surface area contributed by atoms with Crippen molar-refractivity contribution in [3.8, 4) is 5.75 Å². The summed E-state index contributed by atoms with van der Waals surface area (Å²) in [5.41, 5.74) is 8.72. The summed E-state index contributed by atoms with van der Waals surface area (Å²) in [7, 11) is 1.43. The summed E-state index contributed by atoms with van der Waals surface area (Å²) >= 11 is 0. The number of aliphatic carboxylic acids is 1. The molecule has 1 aromatic heterocycles. The quantitative estimate of drug-likeness (QED) is 0.482. The molecule has 3 aromatic rings. The molecule has 194 valence electrons. The summed E-state index contributed by atoms with van der Waals surface area (Å²) < 4.78 is 5.56. The second kappa shape index (κ2) is 10.9. The third kappa shape index (κ3) is 5.35. The molecule has 0 saturated carbocycles. The summed E-state index contributed by atoms with van der Waals surface area (Å²) in [6, 6.07) is 15.4. The number of amides is 2. The van der Waals surface area contributed by atoms with Crippen LogP contribution in [0.1, 0.15) is 47.3 Å². The Hall–Kier alpha value is -4.14. The largest absolute Gasteiger partial charge is 0.495 e. The maximum absolute atomic E-state index is 13.9. The van der Waals surface area contributed by atoms with Crippen molar-refractivity contribution in [2.24, 2.45) is 5.73 Å². The zero-order valence-electron chi connectivity index (χ0n) is 21.3. The molecular formula is C28H32N4O5. The van der Waals surface area contributed by atoms with Crippen LogP contribution in [0, 0.1) is 6.92 Å². The molecule has 0 aliphatic carbocycles. The van der Waals surface area contributed by atoms with Crippen LogP contribution in [-0.2, 0) is 9.59 Å². The number of hydrogen-bond donors (Lipinski definition) is 2. The molecule has 1 aliphatic heterocycles. The monoisotopic (exact) mass is 504 g/mol. The molecule has 9 nitrogen and oxygen atoms in total. The van der Waals surface area contributed by atoms with Crippen LogP contribution in [-0.4, -0.2) is 65.6 Å². The lowest BCUT2D eigenvalue weighted by molar-refractivity contribution is -0.138. The summed E-state index contributed by atoms with van der Waals surface area (Å²) in [5, 5.41) is 10.00. The number of anilines is 1. The summed E-state index contributed by atoms with van der Waals surface area (Å²) in [6.07, 6.45) is -0.278. The van der Waals surface area contributed by atoms with E-state index in [1.165, 1.54) is 7.11 Å². The number of carboxylic acid groups (broad SMARTS) is 1. The second-order valence-electron chi connectivity index (χ2n) is 9.44. The van der Waals surface area contributed by atoms with Crippen molar-refractivity contribution < 1.29 is 24.2 Å². The van der Waals surface area contributed by atoms with Crippen LogP contribution in [0.5, 0.6) is 5.75 Å². The van der Waals surface area contributed by atoms with Gasteiger partial charge in [0.2, 0.25) is 5.91 Å². The van der Waals surface area contributed by atoms with Crippen molar-refractivity contribution in [3.63, 3.8) is 0 Å². The minimum absolute atomic E-state index is 0.0105. The van der Waals surface area contributed by atoms with Gasteiger partial charge in [0, 0.05) is 43.2 Å². The number of methoxy groups -OCH3 is 1. The van der Waals surface area contributed by atoms with Crippen LogP contribution in [0.25, 0.3) is 10.9 Å². The van der Waals surface area contributed by atoms with Gasteiger partial charge in [0.05, 0.1) is 24.2 Å². The first-order valence-electron chi connectivity index (χ1n) is 12.3. The Morgan fingerprint density at radius 3 is 2.57 bits per heavy atom. The molecule has 2 aromatic carbocycles. The van der Waals surface area contributed by atoms with Gasteiger partial charge in [-0.15, -0.1) is 0 Å². The molecule has 0 spiro atoms. The van der Waals surface area contributed by atoms with Crippen LogP contribution >= 0.6 is 0 Å². The Morgan fingerprint density at radius 1 is 1.16 bits per heavy atom. The van der Waals surface area contributed by atoms with E-state index in [1.54, 1.807) is 29.2 Å². The van der Waals surface area contributed by atoms with E-state index in [1.807, 2.05) is 19.1 Å². The first-order valence-corrected chi connectivity index (χ1v) is 12.3. The number of hydrogen-bond acceptors (Lipinski definition) is 6. The number of piperazine rings is 1. The lowest BCUT2D eigenvalue weighted by Gasteiger charge is -2.42. The minimum Gasteiger partial charge on any atom is -0.495 e. The van der Waals surface area contributed by atoms with Crippen molar-refractivity contribution in [2.45, 2.75) is 38.6 Å². The van der Waals surface area contributed by atoms with E-state index in [4.69, 9.17) is 10.5 Å². The number of para-hydroxylation sites is 1. The van der Waals surface area contributed by atoms with E-state index < -0.39 is 17.8 Å². The third-order valence-corrected chi connectivity index (χ3v) is 6.87. The molecule has 0 bridgehead atoms. The van der Waals surface area contributed by atoms with Crippen LogP contribution < -0.4 is 15.4 Å². The lowest BCUT2D eigenvalue weighted by Crippen LogP contribution is -2.54. The Labute approximate surface area is 215 Å². The first-order chi connectivity index (χ1) is 17.7. The number of nitrogens with two attached hydrogens (primary N) is 1. The van der Waals surface area contributed by atoms with E-state index in [-0.39, 0.29) is 41.8 Å². The van der Waals surface area contributed by atoms with Gasteiger partial charge in [-0.05, 0) is 50.1 Å². The van der Waals surface area contributed by atoms with Crippen molar-refractivity contribution in [1.82, 2.24) is 9.88 Å². The van der Waals surface area contributed by atoms with Gasteiger partial charge in [0.15, 0.2) is 0 Å². The molecule has 3 N–H and O–H groups in total. The minimum atomic E-state index is -1.04. The average molecular weight is 505 g/mol. The smallest absolute Gasteiger partial charge is 0.303 e. The Morgan fingerprint density at radius 2 is 1.92 bits per heavy atom. The number of pyridine rings is 1. The molecule has 1 fully saturated rings. The molecule has 37 heavy (non-hydrogen) atoms. The number of carboxylic acids is 1. The molecule has 0 radical (unpaired) electrons. The van der Waals surface area contributed by atoms with Crippen LogP contribution in [0.3, 0.4) is 0 Å². The highest BCUT2D eigenvalue weighted by Crippen LogP contribution is 2.36. The predicted octanol–water partition coefficient (Wildman–Crippen LogP) is 3.34. The normalized spacial score (nSPS) is 16.5. The van der Waals surface area contributed by atoms with Crippen LogP contribution in [0.4, 0.5) is 5.69 Å². The zero-order valence-corrected chi connectivity index (χ0v) is 21.3. The zero-order chi connectivity index (χ0) is 26.7. The topological polar surface area (TPSA) is 126 Å². The first kappa shape index (κ1) is 25.9. The van der Waals surface area contributed by atoms with E-state index in [2.05, 4.69) is 28.9 Å². The van der Waals surface area contributed by atoms with Gasteiger partial charge in [-0.1, -0.05) is 24.3 Å². The van der Waals surface area contributed by atoms with Gasteiger partial charge < -0.3 is 25.4 Å². The van der Waals surface area contributed by atoms with E-state index in [9.17, 15) is 19.5 Å². The molecule has 2 atom stereocenters. The van der Waals surface area contributed by atoms with Gasteiger partial charge in [-0.2, -0.15) is 0 Å². The SMILES string of the molecule is COc1c(C(N)=O)c(C(CCC(=O)O)C(=O)N2CCN(c3cccc(C)c3)C(C)C2)nc2ccccc12. The molecule has 4 rings (SSSR count). The van der Waals surface area contributed by atoms with E-state index in [0.29, 0.717) is 30.5 Å². The van der Waals surface area contributed by atoms with E-state index >= 15 is 0 Å². The number of fused-ring (bicyclic) bond motifs is 1. The van der Waals surface area contributed by atoms with Crippen LogP contribution in [0.15, 0.2) is 48.5 Å². The molecule has 9 heteroatoms. The van der Waals surface area contributed by atoms with Gasteiger partial charge in [0.25, 0.3) is 5.91 Å². The molecule has 1 aliphatic rings. The number of primary amides is 1. The highest BCUT2D eigenvalue weighted by Gasteiger charge is 2.36. The molecular weight excluding hydrogens is 472 g/mol. The fraction of sp³-hybridized carbons (Fsp3) is 0.357. The maximum atomic E-state index is 13.9. The highest BCUT2D eigenvalue weighted by atomic mass is 16.5. The second-order valence-corrected chi connectivity index (χ2v) is 9.44. The van der Waals surface area contributed by atoms with E-state index in [0.717, 1.165) is 11.3 Å². The molecule has 2 unspecified atom stereocenters. The third-order valence-electron chi connectivity index (χ3n) is 6.87. The number of carbonyl (C=O) groups is 3. The number of nitrogens with zero attached hydrogens (tertiary/aromatic N) is 3. The number of aromatic nitrogens is 1. The summed E-state index contributed by atoms with van der Waals surface area (Å²) in [4.78, 5) is 46.7. The van der Waals surface area contributed by atoms with Gasteiger partial charge >= 0.3 is 5.97 Å². The van der Waals surface area contributed by atoms with Gasteiger partial charge in [-0.3, -0.25) is 19.4 Å². The molecule has 1 saturated heterocycles. The Balaban J connectivity index is 1.71. The standard InChI is InChI=1S/C28H32N4O5/c1-17-7-6-8-19(15-17)32-14-13-31(16-18(32)2)28(36)21(11-12-23(33)34)25-24(27(29)35)26(37-3)20-9-4-5-10-22(20)30-25/h4-10,15,18,21H,11-14,16H2,1-3H3,(H2,29,35)(H,33,34). The number of rotatable bonds is 8. The fourth-order valence-corrected chi connectivity index (χ4v) is 5.12. The highest BCUT2D eigenvalue weighted by molar-refractivity contribution is 6.04. The predicted molar refractivity (Wildman–Crippen MR) is 141 cm³/mol.